The van der Waals surface area contributed by atoms with Crippen molar-refractivity contribution >= 4 is 18.5 Å². The molecule has 2 atom stereocenters. The van der Waals surface area contributed by atoms with Crippen LogP contribution in [-0.2, 0) is 15.9 Å². The molecule has 3 N–H and O–H groups in total. The number of aliphatic hydroxyl groups is 1. The Morgan fingerprint density at radius 1 is 1.12 bits per heavy atom. The third-order valence-corrected chi connectivity index (χ3v) is 7.04. The number of hydrogen-bond acceptors (Lipinski definition) is 3. The molecule has 0 unspecified atom stereocenters. The van der Waals surface area contributed by atoms with E-state index in [-0.39, 0.29) is 18.9 Å². The molecule has 0 aliphatic carbocycles. The monoisotopic (exact) mass is 374 g/mol. The van der Waals surface area contributed by atoms with Crippen LogP contribution in [-0.4, -0.2) is 28.1 Å². The Morgan fingerprint density at radius 2 is 1.62 bits per heavy atom. The van der Waals surface area contributed by atoms with Crippen LogP contribution in [0.4, 0.5) is 0 Å². The summed E-state index contributed by atoms with van der Waals surface area (Å²) >= 11 is 0. The summed E-state index contributed by atoms with van der Waals surface area (Å²) in [7, 11) is -3.27. The summed E-state index contributed by atoms with van der Waals surface area (Å²) in [6.45, 7) is 5.49. The van der Waals surface area contributed by atoms with Crippen LogP contribution >= 0.6 is 7.29 Å². The first-order chi connectivity index (χ1) is 12.2. The molecule has 0 radical (unpaired) electrons. The average Bonchev–Trinajstić information content (AvgIpc) is 2.60. The largest absolute Gasteiger partial charge is 0.367 e. The summed E-state index contributed by atoms with van der Waals surface area (Å²) in [4.78, 5) is 12.3. The first kappa shape index (κ1) is 20.4. The molecule has 0 fully saturated rings. The summed E-state index contributed by atoms with van der Waals surface area (Å²) in [5.74, 6) is -0.901. The zero-order valence-corrected chi connectivity index (χ0v) is 16.4. The number of carbonyl (C=O) groups is 1. The van der Waals surface area contributed by atoms with Gasteiger partial charge < -0.3 is 15.4 Å². The Morgan fingerprint density at radius 3 is 2.08 bits per heavy atom. The standard InChI is InChI=1S/C20H27N2O3P/c1-16(2)14-20(24,19(21)23)22(15-17-10-6-4-7-11-17)26(3,25)18-12-8-5-9-13-18/h4-13,16,24H,14-15H2,1-3H3,(H2,21,23)/t20-,26-/m1/s1. The van der Waals surface area contributed by atoms with Gasteiger partial charge in [0.05, 0.1) is 0 Å². The average molecular weight is 374 g/mol. The number of nitrogens with zero attached hydrogens (tertiary/aromatic N) is 1. The van der Waals surface area contributed by atoms with Crippen molar-refractivity contribution in [2.24, 2.45) is 11.7 Å². The molecule has 0 aromatic heterocycles. The van der Waals surface area contributed by atoms with Gasteiger partial charge in [-0.05, 0) is 11.5 Å². The summed E-state index contributed by atoms with van der Waals surface area (Å²) in [5.41, 5.74) is 4.43. The Bertz CT molecular complexity index is 780. The second-order valence-electron chi connectivity index (χ2n) is 7.04. The molecule has 0 heterocycles. The molecule has 2 aromatic rings. The maximum Gasteiger partial charge on any atom is 0.265 e. The van der Waals surface area contributed by atoms with Crippen LogP contribution in [0, 0.1) is 5.92 Å². The van der Waals surface area contributed by atoms with Crippen LogP contribution in [0.1, 0.15) is 25.8 Å². The van der Waals surface area contributed by atoms with E-state index in [0.29, 0.717) is 5.30 Å². The second kappa shape index (κ2) is 8.17. The van der Waals surface area contributed by atoms with E-state index in [4.69, 9.17) is 5.73 Å². The van der Waals surface area contributed by atoms with Gasteiger partial charge in [0.15, 0.2) is 7.29 Å². The summed E-state index contributed by atoms with van der Waals surface area (Å²) in [6.07, 6.45) is 0.0971. The quantitative estimate of drug-likeness (QED) is 0.550. The van der Waals surface area contributed by atoms with Crippen LogP contribution in [0.25, 0.3) is 0 Å². The minimum absolute atomic E-state index is 0.0125. The topological polar surface area (TPSA) is 83.6 Å². The summed E-state index contributed by atoms with van der Waals surface area (Å²) in [5, 5.41) is 11.8. The van der Waals surface area contributed by atoms with Crippen LogP contribution in [0.3, 0.4) is 0 Å². The molecule has 0 spiro atoms. The van der Waals surface area contributed by atoms with Crippen molar-refractivity contribution in [3.05, 3.63) is 66.2 Å². The number of hydrogen-bond donors (Lipinski definition) is 2. The third-order valence-electron chi connectivity index (χ3n) is 4.39. The molecule has 26 heavy (non-hydrogen) atoms. The molecule has 1 amide bonds. The number of rotatable bonds is 8. The second-order valence-corrected chi connectivity index (χ2v) is 9.79. The summed E-state index contributed by atoms with van der Waals surface area (Å²) < 4.78 is 15.2. The molecular weight excluding hydrogens is 347 g/mol. The van der Waals surface area contributed by atoms with Gasteiger partial charge in [0.25, 0.3) is 5.91 Å². The van der Waals surface area contributed by atoms with Crippen molar-refractivity contribution in [2.45, 2.75) is 32.5 Å². The van der Waals surface area contributed by atoms with Crippen molar-refractivity contribution in [1.82, 2.24) is 4.67 Å². The Kier molecular flexibility index (Phi) is 6.40. The van der Waals surface area contributed by atoms with Gasteiger partial charge in [-0.25, -0.2) is 4.67 Å². The van der Waals surface area contributed by atoms with E-state index in [0.717, 1.165) is 5.56 Å². The van der Waals surface area contributed by atoms with E-state index in [1.807, 2.05) is 50.2 Å². The maximum absolute atomic E-state index is 13.8. The summed E-state index contributed by atoms with van der Waals surface area (Å²) in [6, 6.07) is 18.2. The Labute approximate surface area is 155 Å². The lowest BCUT2D eigenvalue weighted by atomic mass is 9.99. The minimum atomic E-state index is -3.27. The molecule has 6 heteroatoms. The van der Waals surface area contributed by atoms with E-state index in [9.17, 15) is 14.5 Å². The predicted octanol–water partition coefficient (Wildman–Crippen LogP) is 2.94. The lowest BCUT2D eigenvalue weighted by molar-refractivity contribution is -0.154. The number of nitrogens with two attached hydrogens (primary N) is 1. The molecule has 2 rings (SSSR count). The number of amides is 1. The minimum Gasteiger partial charge on any atom is -0.367 e. The highest BCUT2D eigenvalue weighted by molar-refractivity contribution is 7.68. The van der Waals surface area contributed by atoms with Crippen LogP contribution in [0.2, 0.25) is 0 Å². The number of primary amides is 1. The fraction of sp³-hybridized carbons (Fsp3) is 0.350. The van der Waals surface area contributed by atoms with E-state index in [1.54, 1.807) is 30.9 Å². The van der Waals surface area contributed by atoms with Gasteiger partial charge in [-0.3, -0.25) is 4.79 Å². The van der Waals surface area contributed by atoms with E-state index < -0.39 is 18.9 Å². The zero-order chi connectivity index (χ0) is 19.4. The van der Waals surface area contributed by atoms with Gasteiger partial charge in [0.1, 0.15) is 0 Å². The van der Waals surface area contributed by atoms with Crippen molar-refractivity contribution in [1.29, 1.82) is 0 Å². The van der Waals surface area contributed by atoms with Crippen molar-refractivity contribution in [3.63, 3.8) is 0 Å². The molecular formula is C20H27N2O3P. The highest BCUT2D eigenvalue weighted by Crippen LogP contribution is 2.50. The lowest BCUT2D eigenvalue weighted by Crippen LogP contribution is -2.57. The van der Waals surface area contributed by atoms with Crippen LogP contribution in [0.15, 0.2) is 60.7 Å². The first-order valence-corrected chi connectivity index (χ1v) is 10.8. The normalized spacial score (nSPS) is 16.2. The molecule has 2 aromatic carbocycles. The molecule has 0 aliphatic heterocycles. The highest BCUT2D eigenvalue weighted by Gasteiger charge is 2.48. The lowest BCUT2D eigenvalue weighted by Gasteiger charge is -2.41. The van der Waals surface area contributed by atoms with Gasteiger partial charge in [-0.2, -0.15) is 0 Å². The zero-order valence-electron chi connectivity index (χ0n) is 15.5. The molecule has 0 aliphatic rings. The van der Waals surface area contributed by atoms with Gasteiger partial charge in [-0.15, -0.1) is 0 Å². The maximum atomic E-state index is 13.8. The van der Waals surface area contributed by atoms with Gasteiger partial charge in [0, 0.05) is 24.9 Å². The molecule has 5 nitrogen and oxygen atoms in total. The fourth-order valence-corrected chi connectivity index (χ4v) is 5.33. The molecule has 0 saturated heterocycles. The van der Waals surface area contributed by atoms with E-state index in [2.05, 4.69) is 0 Å². The van der Waals surface area contributed by atoms with Gasteiger partial charge in [0.2, 0.25) is 5.72 Å². The van der Waals surface area contributed by atoms with Crippen LogP contribution in [0.5, 0.6) is 0 Å². The molecule has 140 valence electrons. The SMILES string of the molecule is CC(C)C[C@@](O)(C(N)=O)N(Cc1ccccc1)[P@](C)(=O)c1ccccc1. The van der Waals surface area contributed by atoms with Gasteiger partial charge >= 0.3 is 0 Å². The third kappa shape index (κ3) is 4.42. The van der Waals surface area contributed by atoms with Crippen molar-refractivity contribution in [2.75, 3.05) is 6.66 Å². The Hall–Kier alpha value is -1.94. The molecule has 0 saturated carbocycles. The van der Waals surface area contributed by atoms with E-state index >= 15 is 0 Å². The van der Waals surface area contributed by atoms with Crippen molar-refractivity contribution < 1.29 is 14.5 Å². The first-order valence-electron chi connectivity index (χ1n) is 8.65. The van der Waals surface area contributed by atoms with Crippen LogP contribution < -0.4 is 11.0 Å². The van der Waals surface area contributed by atoms with E-state index in [1.165, 1.54) is 4.67 Å². The predicted molar refractivity (Wildman–Crippen MR) is 105 cm³/mol. The highest BCUT2D eigenvalue weighted by atomic mass is 31.2. The fourth-order valence-electron chi connectivity index (χ4n) is 3.08. The van der Waals surface area contributed by atoms with Gasteiger partial charge in [-0.1, -0.05) is 74.5 Å². The molecule has 0 bridgehead atoms. The number of carbonyl (C=O) groups excluding carboxylic acids is 1. The smallest absolute Gasteiger partial charge is 0.265 e. The van der Waals surface area contributed by atoms with Crippen molar-refractivity contribution in [3.8, 4) is 0 Å². The Balaban J connectivity index is 2.57. The number of benzene rings is 2.